The average Bonchev–Trinajstić information content (AvgIpc) is 3.11. The minimum Gasteiger partial charge on any atom is -0.493 e. The van der Waals surface area contributed by atoms with Crippen LogP contribution in [0.1, 0.15) is 16.7 Å². The van der Waals surface area contributed by atoms with Crippen LogP contribution in [0.3, 0.4) is 0 Å². The third kappa shape index (κ3) is 6.54. The molecule has 1 fully saturated rings. The predicted molar refractivity (Wildman–Crippen MR) is 149 cm³/mol. The van der Waals surface area contributed by atoms with Gasteiger partial charge in [0.2, 0.25) is 5.91 Å². The van der Waals surface area contributed by atoms with Crippen LogP contribution in [0.2, 0.25) is 5.02 Å². The van der Waals surface area contributed by atoms with Gasteiger partial charge in [-0.2, -0.15) is 0 Å². The van der Waals surface area contributed by atoms with Gasteiger partial charge in [0.15, 0.2) is 11.5 Å². The number of rotatable bonds is 8. The summed E-state index contributed by atoms with van der Waals surface area (Å²) in [5, 5.41) is 2.79. The lowest BCUT2D eigenvalue weighted by molar-refractivity contribution is -0.127. The number of nitrogens with one attached hydrogen (secondary N) is 1. The van der Waals surface area contributed by atoms with Gasteiger partial charge in [0.25, 0.3) is 11.1 Å². The van der Waals surface area contributed by atoms with Gasteiger partial charge in [0.1, 0.15) is 13.2 Å². The number of methoxy groups -OCH3 is 1. The molecule has 3 amide bonds. The maximum absolute atomic E-state index is 12.9. The molecule has 1 N–H and O–H groups in total. The van der Waals surface area contributed by atoms with E-state index < -0.39 is 17.1 Å². The summed E-state index contributed by atoms with van der Waals surface area (Å²) in [6.07, 6.45) is 1.58. The van der Waals surface area contributed by atoms with Crippen molar-refractivity contribution in [1.82, 2.24) is 4.90 Å². The van der Waals surface area contributed by atoms with E-state index in [1.165, 1.54) is 7.11 Å². The Hall–Kier alpha value is -3.27. The molecule has 0 unspecified atom stereocenters. The average molecular weight is 602 g/mol. The quantitative estimate of drug-likeness (QED) is 0.290. The van der Waals surface area contributed by atoms with Crippen LogP contribution in [0, 0.1) is 6.92 Å². The van der Waals surface area contributed by atoms with Crippen LogP contribution in [0.4, 0.5) is 10.5 Å². The van der Waals surface area contributed by atoms with E-state index in [1.807, 2.05) is 37.3 Å². The zero-order chi connectivity index (χ0) is 26.5. The highest BCUT2D eigenvalue weighted by molar-refractivity contribution is 9.10. The topological polar surface area (TPSA) is 84.9 Å². The number of hydrogen-bond donors (Lipinski definition) is 1. The third-order valence-corrected chi connectivity index (χ3v) is 7.22. The highest BCUT2D eigenvalue weighted by Crippen LogP contribution is 2.39. The number of thioether (sulfide) groups is 1. The lowest BCUT2D eigenvalue weighted by Crippen LogP contribution is -2.36. The van der Waals surface area contributed by atoms with Gasteiger partial charge < -0.3 is 14.8 Å². The van der Waals surface area contributed by atoms with Crippen LogP contribution in [-0.4, -0.2) is 35.6 Å². The number of ether oxygens (including phenoxy) is 2. The number of nitrogens with zero attached hydrogens (tertiary/aromatic N) is 1. The molecule has 7 nitrogen and oxygen atoms in total. The van der Waals surface area contributed by atoms with Gasteiger partial charge in [-0.25, -0.2) is 0 Å². The second-order valence-electron chi connectivity index (χ2n) is 8.10. The zero-order valence-corrected chi connectivity index (χ0v) is 23.1. The van der Waals surface area contributed by atoms with Gasteiger partial charge in [-0.05, 0) is 82.2 Å². The van der Waals surface area contributed by atoms with Crippen molar-refractivity contribution in [2.45, 2.75) is 13.5 Å². The van der Waals surface area contributed by atoms with Crippen LogP contribution < -0.4 is 14.8 Å². The second-order valence-corrected chi connectivity index (χ2v) is 10.4. The molecular formula is C27H22BrClN2O5S. The Morgan fingerprint density at radius 2 is 1.92 bits per heavy atom. The molecule has 37 heavy (non-hydrogen) atoms. The fraction of sp³-hybridized carbons (Fsp3) is 0.148. The third-order valence-electron chi connectivity index (χ3n) is 5.36. The summed E-state index contributed by atoms with van der Waals surface area (Å²) in [6, 6.07) is 18.1. The highest BCUT2D eigenvalue weighted by atomic mass is 79.9. The van der Waals surface area contributed by atoms with Crippen molar-refractivity contribution in [1.29, 1.82) is 0 Å². The first-order valence-corrected chi connectivity index (χ1v) is 13.1. The van der Waals surface area contributed by atoms with Gasteiger partial charge in [0.05, 0.1) is 16.5 Å². The van der Waals surface area contributed by atoms with Crippen molar-refractivity contribution in [3.05, 3.63) is 91.8 Å². The molecule has 0 spiro atoms. The molecule has 1 saturated heterocycles. The van der Waals surface area contributed by atoms with E-state index in [0.29, 0.717) is 32.2 Å². The smallest absolute Gasteiger partial charge is 0.294 e. The molecule has 1 heterocycles. The SMILES string of the molecule is COc1cc(/C=C2/SC(=O)N(CC(=O)Nc3cccc(C)c3)C2=O)cc(Br)c1OCc1ccccc1Cl. The molecule has 0 radical (unpaired) electrons. The number of imide groups is 1. The normalized spacial score (nSPS) is 14.3. The number of carbonyl (C=O) groups is 3. The molecule has 3 aromatic carbocycles. The van der Waals surface area contributed by atoms with Crippen LogP contribution in [0.25, 0.3) is 6.08 Å². The molecule has 3 aromatic rings. The summed E-state index contributed by atoms with van der Waals surface area (Å²) in [4.78, 5) is 39.0. The maximum Gasteiger partial charge on any atom is 0.294 e. The molecule has 10 heteroatoms. The number of hydrogen-bond acceptors (Lipinski definition) is 6. The Bertz CT molecular complexity index is 1410. The maximum atomic E-state index is 12.9. The summed E-state index contributed by atoms with van der Waals surface area (Å²) in [5.41, 5.74) is 3.01. The summed E-state index contributed by atoms with van der Waals surface area (Å²) >= 11 is 10.5. The van der Waals surface area contributed by atoms with Gasteiger partial charge in [0, 0.05) is 16.3 Å². The summed E-state index contributed by atoms with van der Waals surface area (Å²) in [5.74, 6) is -0.0907. The first-order valence-electron chi connectivity index (χ1n) is 11.1. The minimum atomic E-state index is -0.538. The molecule has 4 rings (SSSR count). The lowest BCUT2D eigenvalue weighted by Gasteiger charge is -2.14. The molecule has 0 aliphatic carbocycles. The number of benzene rings is 3. The second kappa shape index (κ2) is 11.9. The van der Waals surface area contributed by atoms with Crippen molar-refractivity contribution < 1.29 is 23.9 Å². The standard InChI is InChI=1S/C27H22BrClN2O5S/c1-16-6-5-8-19(10-16)30-24(32)14-31-26(33)23(37-27(31)34)13-17-11-20(28)25(22(12-17)35-2)36-15-18-7-3-4-9-21(18)29/h3-13H,14-15H2,1-2H3,(H,30,32)/b23-13+. The van der Waals surface area contributed by atoms with Gasteiger partial charge in [-0.3, -0.25) is 19.3 Å². The molecule has 0 atom stereocenters. The Labute approximate surface area is 231 Å². The molecule has 1 aliphatic heterocycles. The van der Waals surface area contributed by atoms with E-state index in [0.717, 1.165) is 27.8 Å². The van der Waals surface area contributed by atoms with E-state index in [1.54, 1.807) is 36.4 Å². The van der Waals surface area contributed by atoms with Crippen LogP contribution in [0.15, 0.2) is 70.0 Å². The lowest BCUT2D eigenvalue weighted by atomic mass is 10.1. The van der Waals surface area contributed by atoms with Crippen LogP contribution in [0.5, 0.6) is 11.5 Å². The van der Waals surface area contributed by atoms with E-state index in [4.69, 9.17) is 21.1 Å². The number of halogens is 2. The van der Waals surface area contributed by atoms with Gasteiger partial charge >= 0.3 is 0 Å². The fourth-order valence-corrected chi connectivity index (χ4v) is 5.19. The Morgan fingerprint density at radius 1 is 1.14 bits per heavy atom. The number of anilines is 1. The molecule has 1 aliphatic rings. The van der Waals surface area contributed by atoms with E-state index in [-0.39, 0.29) is 18.1 Å². The van der Waals surface area contributed by atoms with Gasteiger partial charge in [-0.1, -0.05) is 41.9 Å². The molecule has 0 bridgehead atoms. The van der Waals surface area contributed by atoms with Crippen molar-refractivity contribution in [3.63, 3.8) is 0 Å². The number of carbonyl (C=O) groups excluding carboxylic acids is 3. The Balaban J connectivity index is 1.48. The fourth-order valence-electron chi connectivity index (χ4n) is 3.58. The van der Waals surface area contributed by atoms with Gasteiger partial charge in [-0.15, -0.1) is 0 Å². The largest absolute Gasteiger partial charge is 0.493 e. The van der Waals surface area contributed by atoms with E-state index in [2.05, 4.69) is 21.2 Å². The molecule has 190 valence electrons. The molecule has 0 saturated carbocycles. The van der Waals surface area contributed by atoms with E-state index >= 15 is 0 Å². The highest BCUT2D eigenvalue weighted by Gasteiger charge is 2.36. The van der Waals surface area contributed by atoms with Crippen LogP contribution >= 0.6 is 39.3 Å². The Kier molecular flexibility index (Phi) is 8.58. The summed E-state index contributed by atoms with van der Waals surface area (Å²) < 4.78 is 12.0. The first kappa shape index (κ1) is 26.8. The number of aryl methyl sites for hydroxylation is 1. The molecule has 0 aromatic heterocycles. The summed E-state index contributed by atoms with van der Waals surface area (Å²) in [7, 11) is 1.51. The first-order chi connectivity index (χ1) is 17.7. The van der Waals surface area contributed by atoms with Crippen molar-refractivity contribution >= 4 is 68.1 Å². The number of amides is 3. The monoisotopic (exact) mass is 600 g/mol. The predicted octanol–water partition coefficient (Wildman–Crippen LogP) is 6.67. The Morgan fingerprint density at radius 3 is 2.65 bits per heavy atom. The van der Waals surface area contributed by atoms with Crippen molar-refractivity contribution in [3.8, 4) is 11.5 Å². The van der Waals surface area contributed by atoms with E-state index in [9.17, 15) is 14.4 Å². The van der Waals surface area contributed by atoms with Crippen LogP contribution in [-0.2, 0) is 16.2 Å². The zero-order valence-electron chi connectivity index (χ0n) is 19.9. The molecular weight excluding hydrogens is 580 g/mol. The minimum absolute atomic E-state index is 0.201. The van der Waals surface area contributed by atoms with Crippen molar-refractivity contribution in [2.75, 3.05) is 19.0 Å². The summed E-state index contributed by atoms with van der Waals surface area (Å²) in [6.45, 7) is 1.76. The van der Waals surface area contributed by atoms with Crippen molar-refractivity contribution in [2.24, 2.45) is 0 Å².